The summed E-state index contributed by atoms with van der Waals surface area (Å²) in [6, 6.07) is -0.608. The molecule has 0 bridgehead atoms. The van der Waals surface area contributed by atoms with Crippen LogP contribution in [0.5, 0.6) is 0 Å². The van der Waals surface area contributed by atoms with Gasteiger partial charge in [0.15, 0.2) is 0 Å². The highest BCUT2D eigenvalue weighted by Crippen LogP contribution is 2.26. The summed E-state index contributed by atoms with van der Waals surface area (Å²) in [7, 11) is 0. The number of nitrogens with one attached hydrogen (secondary N) is 1. The normalized spacial score (nSPS) is 23.5. The number of nitrogens with zero attached hydrogens (tertiary/aromatic N) is 1. The van der Waals surface area contributed by atoms with Crippen molar-refractivity contribution in [3.05, 3.63) is 0 Å². The van der Waals surface area contributed by atoms with Crippen molar-refractivity contribution in [1.82, 2.24) is 10.2 Å². The molecule has 1 aliphatic heterocycles. The van der Waals surface area contributed by atoms with Crippen LogP contribution < -0.4 is 11.1 Å². The fourth-order valence-electron chi connectivity index (χ4n) is 2.20. The zero-order valence-corrected chi connectivity index (χ0v) is 9.68. The Morgan fingerprint density at radius 2 is 2.12 bits per heavy atom. The first-order valence-corrected chi connectivity index (χ1v) is 5.53. The van der Waals surface area contributed by atoms with Crippen molar-refractivity contribution in [2.24, 2.45) is 11.7 Å². The first-order chi connectivity index (χ1) is 7.97. The summed E-state index contributed by atoms with van der Waals surface area (Å²) in [5, 5.41) is 10.4. The molecular weight excluding hydrogens is 226 g/mol. The molecule has 3 amide bonds. The molecule has 0 spiro atoms. The van der Waals surface area contributed by atoms with Crippen LogP contribution in [0.1, 0.15) is 19.8 Å². The highest BCUT2D eigenvalue weighted by Gasteiger charge is 2.39. The second-order valence-corrected chi connectivity index (χ2v) is 4.05. The lowest BCUT2D eigenvalue weighted by atomic mass is 9.97. The fraction of sp³-hybridized carbons (Fsp3) is 0.700. The molecule has 1 aliphatic rings. The molecule has 0 aromatic heterocycles. The Kier molecular flexibility index (Phi) is 4.30. The quantitative estimate of drug-likeness (QED) is 0.609. The lowest BCUT2D eigenvalue weighted by Gasteiger charge is -2.25. The first-order valence-electron chi connectivity index (χ1n) is 5.53. The molecule has 7 heteroatoms. The topological polar surface area (TPSA) is 113 Å². The van der Waals surface area contributed by atoms with E-state index in [0.717, 1.165) is 12.8 Å². The molecule has 0 aromatic rings. The third-order valence-electron chi connectivity index (χ3n) is 3.05. The van der Waals surface area contributed by atoms with E-state index in [9.17, 15) is 14.4 Å². The van der Waals surface area contributed by atoms with Crippen LogP contribution in [-0.4, -0.2) is 47.0 Å². The standard InChI is InChI=1S/C10H17N3O4/c1-2-6-3-4-13(8(6)9(11)15)7(14)5-12-10(16)17/h6,8,12H,2-5H2,1H3,(H2,11,15)(H,16,17). The summed E-state index contributed by atoms with van der Waals surface area (Å²) in [4.78, 5) is 34.7. The summed E-state index contributed by atoms with van der Waals surface area (Å²) in [5.74, 6) is -0.869. The van der Waals surface area contributed by atoms with Gasteiger partial charge in [0.2, 0.25) is 11.8 Å². The van der Waals surface area contributed by atoms with Crippen molar-refractivity contribution in [2.75, 3.05) is 13.1 Å². The Labute approximate surface area is 98.9 Å². The van der Waals surface area contributed by atoms with E-state index in [0.29, 0.717) is 6.54 Å². The predicted octanol–water partition coefficient (Wildman–Crippen LogP) is -0.634. The minimum atomic E-state index is -1.26. The Balaban J connectivity index is 2.66. The Morgan fingerprint density at radius 3 is 2.59 bits per heavy atom. The van der Waals surface area contributed by atoms with Crippen LogP contribution in [0.3, 0.4) is 0 Å². The Hall–Kier alpha value is -1.79. The first kappa shape index (κ1) is 13.3. The minimum Gasteiger partial charge on any atom is -0.465 e. The number of carboxylic acid groups (broad SMARTS) is 1. The van der Waals surface area contributed by atoms with E-state index in [1.54, 1.807) is 0 Å². The van der Waals surface area contributed by atoms with Gasteiger partial charge in [0.05, 0.1) is 0 Å². The molecule has 2 unspecified atom stereocenters. The highest BCUT2D eigenvalue weighted by molar-refractivity contribution is 5.89. The zero-order valence-electron chi connectivity index (χ0n) is 9.68. The maximum absolute atomic E-state index is 11.7. The monoisotopic (exact) mass is 243 g/mol. The number of primary amides is 1. The van der Waals surface area contributed by atoms with E-state index in [4.69, 9.17) is 10.8 Å². The van der Waals surface area contributed by atoms with E-state index in [-0.39, 0.29) is 12.5 Å². The summed E-state index contributed by atoms with van der Waals surface area (Å²) in [6.45, 7) is 2.06. The van der Waals surface area contributed by atoms with E-state index < -0.39 is 23.9 Å². The Morgan fingerprint density at radius 1 is 1.47 bits per heavy atom. The number of likely N-dealkylation sites (tertiary alicyclic amines) is 1. The second-order valence-electron chi connectivity index (χ2n) is 4.05. The SMILES string of the molecule is CCC1CCN(C(=O)CNC(=O)O)C1C(N)=O. The molecule has 0 aliphatic carbocycles. The van der Waals surface area contributed by atoms with Gasteiger partial charge >= 0.3 is 6.09 Å². The van der Waals surface area contributed by atoms with E-state index in [2.05, 4.69) is 0 Å². The number of amides is 3. The molecule has 17 heavy (non-hydrogen) atoms. The molecule has 1 saturated heterocycles. The summed E-state index contributed by atoms with van der Waals surface area (Å²) < 4.78 is 0. The van der Waals surface area contributed by atoms with Crippen molar-refractivity contribution < 1.29 is 19.5 Å². The Bertz CT molecular complexity index is 332. The molecule has 0 aromatic carbocycles. The molecule has 2 atom stereocenters. The molecule has 1 fully saturated rings. The number of nitrogens with two attached hydrogens (primary N) is 1. The molecule has 96 valence electrons. The van der Waals surface area contributed by atoms with Crippen LogP contribution in [0.25, 0.3) is 0 Å². The van der Waals surface area contributed by atoms with Gasteiger partial charge in [0.25, 0.3) is 0 Å². The number of hydrogen-bond donors (Lipinski definition) is 3. The van der Waals surface area contributed by atoms with Gasteiger partial charge < -0.3 is 21.1 Å². The van der Waals surface area contributed by atoms with Crippen LogP contribution in [0.2, 0.25) is 0 Å². The molecule has 4 N–H and O–H groups in total. The third-order valence-corrected chi connectivity index (χ3v) is 3.05. The van der Waals surface area contributed by atoms with E-state index in [1.807, 2.05) is 12.2 Å². The number of carbonyl (C=O) groups excluding carboxylic acids is 2. The van der Waals surface area contributed by atoms with Crippen molar-refractivity contribution in [1.29, 1.82) is 0 Å². The van der Waals surface area contributed by atoms with E-state index in [1.165, 1.54) is 4.90 Å². The van der Waals surface area contributed by atoms with Crippen LogP contribution in [0.4, 0.5) is 4.79 Å². The van der Waals surface area contributed by atoms with Crippen molar-refractivity contribution >= 4 is 17.9 Å². The number of hydrogen-bond acceptors (Lipinski definition) is 3. The maximum Gasteiger partial charge on any atom is 0.405 e. The van der Waals surface area contributed by atoms with Gasteiger partial charge in [0.1, 0.15) is 12.6 Å². The highest BCUT2D eigenvalue weighted by atomic mass is 16.4. The van der Waals surface area contributed by atoms with Gasteiger partial charge in [-0.1, -0.05) is 13.3 Å². The van der Waals surface area contributed by atoms with Gasteiger partial charge in [-0.2, -0.15) is 0 Å². The average Bonchev–Trinajstić information content (AvgIpc) is 2.69. The zero-order chi connectivity index (χ0) is 13.0. The van der Waals surface area contributed by atoms with Crippen LogP contribution in [0.15, 0.2) is 0 Å². The average molecular weight is 243 g/mol. The minimum absolute atomic E-state index is 0.0706. The largest absolute Gasteiger partial charge is 0.465 e. The molecule has 0 saturated carbocycles. The lowest BCUT2D eigenvalue weighted by molar-refractivity contribution is -0.137. The van der Waals surface area contributed by atoms with Gasteiger partial charge in [-0.05, 0) is 12.3 Å². The summed E-state index contributed by atoms with van der Waals surface area (Å²) >= 11 is 0. The van der Waals surface area contributed by atoms with Gasteiger partial charge in [0, 0.05) is 6.54 Å². The number of rotatable bonds is 4. The second kappa shape index (κ2) is 5.51. The molecule has 1 heterocycles. The predicted molar refractivity (Wildman–Crippen MR) is 59.1 cm³/mol. The van der Waals surface area contributed by atoms with E-state index >= 15 is 0 Å². The summed E-state index contributed by atoms with van der Waals surface area (Å²) in [5.41, 5.74) is 5.28. The van der Waals surface area contributed by atoms with Crippen molar-refractivity contribution in [2.45, 2.75) is 25.8 Å². The molecule has 7 nitrogen and oxygen atoms in total. The smallest absolute Gasteiger partial charge is 0.405 e. The van der Waals surface area contributed by atoms with Crippen LogP contribution >= 0.6 is 0 Å². The lowest BCUT2D eigenvalue weighted by Crippen LogP contribution is -2.49. The van der Waals surface area contributed by atoms with Crippen molar-refractivity contribution in [3.8, 4) is 0 Å². The van der Waals surface area contributed by atoms with Gasteiger partial charge in [-0.3, -0.25) is 9.59 Å². The molecule has 0 radical (unpaired) electrons. The maximum atomic E-state index is 11.7. The molecular formula is C10H17N3O4. The van der Waals surface area contributed by atoms with Crippen LogP contribution in [-0.2, 0) is 9.59 Å². The third kappa shape index (κ3) is 3.08. The number of carbonyl (C=O) groups is 3. The van der Waals surface area contributed by atoms with Crippen molar-refractivity contribution in [3.63, 3.8) is 0 Å². The summed E-state index contributed by atoms with van der Waals surface area (Å²) in [6.07, 6.45) is 0.229. The van der Waals surface area contributed by atoms with Gasteiger partial charge in [-0.25, -0.2) is 4.79 Å². The van der Waals surface area contributed by atoms with Gasteiger partial charge in [-0.15, -0.1) is 0 Å². The molecule has 1 rings (SSSR count). The van der Waals surface area contributed by atoms with Crippen LogP contribution in [0, 0.1) is 5.92 Å². The fourth-order valence-corrected chi connectivity index (χ4v) is 2.20.